The van der Waals surface area contributed by atoms with Gasteiger partial charge in [0.2, 0.25) is 0 Å². The summed E-state index contributed by atoms with van der Waals surface area (Å²) >= 11 is 1.71. The molecule has 1 saturated carbocycles. The third kappa shape index (κ3) is 1.79. The molecule has 0 unspecified atom stereocenters. The lowest BCUT2D eigenvalue weighted by molar-refractivity contribution is 1.05. The van der Waals surface area contributed by atoms with Crippen LogP contribution < -0.4 is 0 Å². The van der Waals surface area contributed by atoms with E-state index in [1.54, 1.807) is 11.3 Å². The summed E-state index contributed by atoms with van der Waals surface area (Å²) in [6.45, 7) is 2.08. The molecule has 0 aliphatic heterocycles. The second-order valence-electron chi connectivity index (χ2n) is 4.07. The smallest absolute Gasteiger partial charge is 0.142 e. The van der Waals surface area contributed by atoms with E-state index in [0.29, 0.717) is 0 Å². The molecule has 0 amide bonds. The van der Waals surface area contributed by atoms with Gasteiger partial charge in [-0.25, -0.2) is 4.98 Å². The minimum absolute atomic E-state index is 0.736. The number of hydrogen-bond acceptors (Lipinski definition) is 3. The Bertz CT molecular complexity index is 486. The number of pyridine rings is 1. The van der Waals surface area contributed by atoms with Gasteiger partial charge in [-0.2, -0.15) is 0 Å². The first-order valence-corrected chi connectivity index (χ1v) is 6.09. The van der Waals surface area contributed by atoms with Gasteiger partial charge in [0.1, 0.15) is 5.01 Å². The van der Waals surface area contributed by atoms with Gasteiger partial charge >= 0.3 is 0 Å². The van der Waals surface area contributed by atoms with Crippen molar-refractivity contribution in [3.05, 3.63) is 35.0 Å². The van der Waals surface area contributed by atoms with Gasteiger partial charge in [0.25, 0.3) is 0 Å². The van der Waals surface area contributed by atoms with E-state index in [1.807, 2.05) is 12.3 Å². The molecule has 0 aromatic carbocycles. The predicted octanol–water partition coefficient (Wildman–Crippen LogP) is 3.39. The van der Waals surface area contributed by atoms with Crippen LogP contribution in [-0.2, 0) is 0 Å². The average Bonchev–Trinajstić information content (AvgIpc) is 2.97. The van der Waals surface area contributed by atoms with Crippen LogP contribution in [0.4, 0.5) is 0 Å². The van der Waals surface area contributed by atoms with Gasteiger partial charge in [-0.15, -0.1) is 11.3 Å². The third-order valence-corrected chi connectivity index (χ3v) is 3.54. The standard InChI is InChI=1S/C12H12N2S/c1-8-4-5-13-10(6-8)12-14-11(7-15-12)9-2-3-9/h4-7,9H,2-3H2,1H3. The first-order valence-electron chi connectivity index (χ1n) is 5.21. The molecule has 3 heteroatoms. The Labute approximate surface area is 93.0 Å². The van der Waals surface area contributed by atoms with Crippen molar-refractivity contribution in [1.82, 2.24) is 9.97 Å². The van der Waals surface area contributed by atoms with E-state index < -0.39 is 0 Å². The lowest BCUT2D eigenvalue weighted by Crippen LogP contribution is -1.84. The van der Waals surface area contributed by atoms with Crippen LogP contribution >= 0.6 is 11.3 Å². The lowest BCUT2D eigenvalue weighted by atomic mass is 10.2. The van der Waals surface area contributed by atoms with Crippen molar-refractivity contribution >= 4 is 11.3 Å². The van der Waals surface area contributed by atoms with Gasteiger partial charge in [-0.3, -0.25) is 4.98 Å². The topological polar surface area (TPSA) is 25.8 Å². The summed E-state index contributed by atoms with van der Waals surface area (Å²) < 4.78 is 0. The minimum Gasteiger partial charge on any atom is -0.254 e. The van der Waals surface area contributed by atoms with E-state index >= 15 is 0 Å². The second-order valence-corrected chi connectivity index (χ2v) is 4.93. The Morgan fingerprint density at radius 2 is 2.27 bits per heavy atom. The SMILES string of the molecule is Cc1ccnc(-c2nc(C3CC3)cs2)c1. The fraction of sp³-hybridized carbons (Fsp3) is 0.333. The van der Waals surface area contributed by atoms with E-state index in [0.717, 1.165) is 16.6 Å². The molecule has 15 heavy (non-hydrogen) atoms. The van der Waals surface area contributed by atoms with Crippen molar-refractivity contribution in [2.24, 2.45) is 0 Å². The van der Waals surface area contributed by atoms with Gasteiger partial charge in [-0.1, -0.05) is 0 Å². The molecule has 0 atom stereocenters. The highest BCUT2D eigenvalue weighted by Gasteiger charge is 2.26. The van der Waals surface area contributed by atoms with E-state index in [4.69, 9.17) is 0 Å². The molecule has 2 aromatic heterocycles. The van der Waals surface area contributed by atoms with Gasteiger partial charge in [0.15, 0.2) is 0 Å². The number of rotatable bonds is 2. The van der Waals surface area contributed by atoms with Crippen molar-refractivity contribution in [3.63, 3.8) is 0 Å². The van der Waals surface area contributed by atoms with Crippen molar-refractivity contribution < 1.29 is 0 Å². The Morgan fingerprint density at radius 3 is 3.00 bits per heavy atom. The molecular weight excluding hydrogens is 204 g/mol. The van der Waals surface area contributed by atoms with Crippen molar-refractivity contribution in [1.29, 1.82) is 0 Å². The second kappa shape index (κ2) is 3.42. The van der Waals surface area contributed by atoms with Crippen LogP contribution in [0.1, 0.15) is 30.0 Å². The largest absolute Gasteiger partial charge is 0.254 e. The Morgan fingerprint density at radius 1 is 1.40 bits per heavy atom. The summed E-state index contributed by atoms with van der Waals surface area (Å²) in [6, 6.07) is 4.11. The Kier molecular flexibility index (Phi) is 2.06. The Balaban J connectivity index is 1.97. The molecule has 2 nitrogen and oxygen atoms in total. The fourth-order valence-corrected chi connectivity index (χ4v) is 2.49. The highest BCUT2D eigenvalue weighted by Crippen LogP contribution is 2.41. The van der Waals surface area contributed by atoms with E-state index in [-0.39, 0.29) is 0 Å². The molecule has 0 N–H and O–H groups in total. The summed E-state index contributed by atoms with van der Waals surface area (Å²) in [4.78, 5) is 8.99. The highest BCUT2D eigenvalue weighted by atomic mass is 32.1. The summed E-state index contributed by atoms with van der Waals surface area (Å²) in [7, 11) is 0. The zero-order chi connectivity index (χ0) is 10.3. The number of aromatic nitrogens is 2. The molecule has 1 fully saturated rings. The lowest BCUT2D eigenvalue weighted by Gasteiger charge is -1.96. The number of aryl methyl sites for hydroxylation is 1. The maximum Gasteiger partial charge on any atom is 0.142 e. The van der Waals surface area contributed by atoms with E-state index in [2.05, 4.69) is 28.3 Å². The van der Waals surface area contributed by atoms with Crippen molar-refractivity contribution in [2.45, 2.75) is 25.7 Å². The average molecular weight is 216 g/mol. The molecule has 0 radical (unpaired) electrons. The molecule has 0 spiro atoms. The van der Waals surface area contributed by atoms with Gasteiger partial charge in [0.05, 0.1) is 11.4 Å². The van der Waals surface area contributed by atoms with Crippen LogP contribution in [-0.4, -0.2) is 9.97 Å². The zero-order valence-corrected chi connectivity index (χ0v) is 9.42. The molecule has 3 rings (SSSR count). The van der Waals surface area contributed by atoms with Crippen LogP contribution in [0.25, 0.3) is 10.7 Å². The maximum atomic E-state index is 4.64. The number of nitrogens with zero attached hydrogens (tertiary/aromatic N) is 2. The van der Waals surface area contributed by atoms with Gasteiger partial charge in [0, 0.05) is 17.5 Å². The first-order chi connectivity index (χ1) is 7.33. The fourth-order valence-electron chi connectivity index (χ4n) is 1.62. The van der Waals surface area contributed by atoms with Crippen LogP contribution in [0.5, 0.6) is 0 Å². The van der Waals surface area contributed by atoms with Crippen molar-refractivity contribution in [3.8, 4) is 10.7 Å². The molecule has 2 heterocycles. The maximum absolute atomic E-state index is 4.64. The molecule has 1 aliphatic rings. The normalized spacial score (nSPS) is 15.5. The molecule has 0 bridgehead atoms. The molecule has 1 aliphatic carbocycles. The van der Waals surface area contributed by atoms with Gasteiger partial charge in [-0.05, 0) is 37.5 Å². The summed E-state index contributed by atoms with van der Waals surface area (Å²) in [5, 5.41) is 3.23. The Hall–Kier alpha value is -1.22. The van der Waals surface area contributed by atoms with E-state index in [9.17, 15) is 0 Å². The van der Waals surface area contributed by atoms with E-state index in [1.165, 1.54) is 24.1 Å². The predicted molar refractivity (Wildman–Crippen MR) is 62.1 cm³/mol. The van der Waals surface area contributed by atoms with Gasteiger partial charge < -0.3 is 0 Å². The van der Waals surface area contributed by atoms with Crippen LogP contribution in [0.15, 0.2) is 23.7 Å². The number of thiazole rings is 1. The van der Waals surface area contributed by atoms with Crippen LogP contribution in [0, 0.1) is 6.92 Å². The number of hydrogen-bond donors (Lipinski definition) is 0. The highest BCUT2D eigenvalue weighted by molar-refractivity contribution is 7.13. The minimum atomic E-state index is 0.736. The van der Waals surface area contributed by atoms with Crippen LogP contribution in [0.2, 0.25) is 0 Å². The third-order valence-electron chi connectivity index (χ3n) is 2.65. The zero-order valence-electron chi connectivity index (χ0n) is 8.60. The molecule has 76 valence electrons. The molecule has 0 saturated heterocycles. The summed E-state index contributed by atoms with van der Waals surface area (Å²) in [6.07, 6.45) is 4.47. The summed E-state index contributed by atoms with van der Waals surface area (Å²) in [5.41, 5.74) is 3.51. The van der Waals surface area contributed by atoms with Crippen LogP contribution in [0.3, 0.4) is 0 Å². The first kappa shape index (κ1) is 9.04. The van der Waals surface area contributed by atoms with Crippen molar-refractivity contribution in [2.75, 3.05) is 0 Å². The monoisotopic (exact) mass is 216 g/mol. The quantitative estimate of drug-likeness (QED) is 0.769. The molecular formula is C12H12N2S. The molecule has 2 aromatic rings. The summed E-state index contributed by atoms with van der Waals surface area (Å²) in [5.74, 6) is 0.736.